The van der Waals surface area contributed by atoms with Gasteiger partial charge in [-0.1, -0.05) is 78.9 Å². The number of aromatic nitrogens is 2. The molecule has 6 nitrogen and oxygen atoms in total. The van der Waals surface area contributed by atoms with E-state index in [1.54, 1.807) is 24.3 Å². The Bertz CT molecular complexity index is 1400. The number of pyridine rings is 1. The maximum absolute atomic E-state index is 12.9. The fourth-order valence-electron chi connectivity index (χ4n) is 3.96. The molecule has 34 heavy (non-hydrogen) atoms. The second kappa shape index (κ2) is 9.50. The summed E-state index contributed by atoms with van der Waals surface area (Å²) in [5.74, 6) is 0.149. The van der Waals surface area contributed by atoms with Crippen LogP contribution in [-0.4, -0.2) is 20.6 Å². The minimum atomic E-state index is -0.573. The maximum Gasteiger partial charge on any atom is 0.408 e. The first-order valence-electron chi connectivity index (χ1n) is 11.0. The molecule has 0 saturated heterocycles. The molecule has 2 heterocycles. The van der Waals surface area contributed by atoms with Crippen molar-refractivity contribution in [2.24, 2.45) is 0 Å². The van der Waals surface area contributed by atoms with Crippen molar-refractivity contribution in [3.63, 3.8) is 0 Å². The molecular formula is C28H23N3O3. The molecule has 1 unspecified atom stereocenters. The quantitative estimate of drug-likeness (QED) is 0.348. The molecule has 0 aliphatic rings. The Morgan fingerprint density at radius 3 is 2.29 bits per heavy atom. The Balaban J connectivity index is 1.57. The van der Waals surface area contributed by atoms with Crippen molar-refractivity contribution in [3.8, 4) is 17.0 Å². The van der Waals surface area contributed by atoms with Gasteiger partial charge in [0.05, 0.1) is 11.4 Å². The number of amides is 1. The highest BCUT2D eigenvalue weighted by Gasteiger charge is 2.26. The van der Waals surface area contributed by atoms with Gasteiger partial charge in [0.1, 0.15) is 24.0 Å². The zero-order valence-electron chi connectivity index (χ0n) is 18.3. The summed E-state index contributed by atoms with van der Waals surface area (Å²) in [5.41, 5.74) is 4.94. The number of ether oxygens (including phenoxy) is 1. The van der Waals surface area contributed by atoms with E-state index in [4.69, 9.17) is 9.72 Å². The Morgan fingerprint density at radius 1 is 0.882 bits per heavy atom. The first-order chi connectivity index (χ1) is 16.7. The Hall–Kier alpha value is -4.58. The van der Waals surface area contributed by atoms with E-state index >= 15 is 0 Å². The standard InChI is InChI=1S/C28H23N3O3/c32-23-16-14-22(15-17-23)26(30-28(33)34-19-20-9-3-1-4-10-20)27-25(21-11-5-2-6-12-21)29-24-13-7-8-18-31(24)27/h1-18,26,32H,19H2,(H,30,33). The van der Waals surface area contributed by atoms with E-state index < -0.39 is 12.1 Å². The summed E-state index contributed by atoms with van der Waals surface area (Å²) in [5, 5.41) is 12.9. The van der Waals surface area contributed by atoms with Gasteiger partial charge in [0, 0.05) is 11.8 Å². The predicted octanol–water partition coefficient (Wildman–Crippen LogP) is 5.72. The Morgan fingerprint density at radius 2 is 1.56 bits per heavy atom. The van der Waals surface area contributed by atoms with Crippen molar-refractivity contribution in [1.82, 2.24) is 14.7 Å². The van der Waals surface area contributed by atoms with E-state index in [0.717, 1.165) is 33.7 Å². The Kier molecular flexibility index (Phi) is 5.95. The number of phenolic OH excluding ortho intramolecular Hbond substituents is 1. The number of aromatic hydroxyl groups is 1. The zero-order valence-corrected chi connectivity index (χ0v) is 18.3. The maximum atomic E-state index is 12.9. The topological polar surface area (TPSA) is 75.9 Å². The lowest BCUT2D eigenvalue weighted by Crippen LogP contribution is -2.31. The van der Waals surface area contributed by atoms with Crippen LogP contribution in [0.4, 0.5) is 4.79 Å². The van der Waals surface area contributed by atoms with Crippen molar-refractivity contribution in [2.75, 3.05) is 0 Å². The molecule has 1 amide bonds. The highest BCUT2D eigenvalue weighted by molar-refractivity contribution is 5.72. The van der Waals surface area contributed by atoms with Gasteiger partial charge < -0.3 is 19.6 Å². The van der Waals surface area contributed by atoms with Crippen LogP contribution >= 0.6 is 0 Å². The zero-order chi connectivity index (χ0) is 23.3. The lowest BCUT2D eigenvalue weighted by molar-refractivity contribution is 0.137. The monoisotopic (exact) mass is 449 g/mol. The number of rotatable bonds is 6. The summed E-state index contributed by atoms with van der Waals surface area (Å²) in [6.07, 6.45) is 1.38. The molecule has 0 spiro atoms. The predicted molar refractivity (Wildman–Crippen MR) is 130 cm³/mol. The van der Waals surface area contributed by atoms with E-state index in [0.29, 0.717) is 0 Å². The summed E-state index contributed by atoms with van der Waals surface area (Å²) in [7, 11) is 0. The second-order valence-electron chi connectivity index (χ2n) is 7.87. The Labute approximate surface area is 197 Å². The summed E-state index contributed by atoms with van der Waals surface area (Å²) < 4.78 is 7.50. The van der Waals surface area contributed by atoms with Crippen LogP contribution in [0.25, 0.3) is 16.9 Å². The molecular weight excluding hydrogens is 426 g/mol. The third-order valence-electron chi connectivity index (χ3n) is 5.59. The summed E-state index contributed by atoms with van der Waals surface area (Å²) in [4.78, 5) is 17.8. The van der Waals surface area contributed by atoms with Gasteiger partial charge in [-0.3, -0.25) is 0 Å². The highest BCUT2D eigenvalue weighted by atomic mass is 16.5. The highest BCUT2D eigenvalue weighted by Crippen LogP contribution is 2.33. The van der Waals surface area contributed by atoms with Crippen LogP contribution in [0.1, 0.15) is 22.9 Å². The van der Waals surface area contributed by atoms with E-state index in [9.17, 15) is 9.90 Å². The average molecular weight is 450 g/mol. The van der Waals surface area contributed by atoms with Crippen LogP contribution in [0.3, 0.4) is 0 Å². The molecule has 0 fully saturated rings. The molecule has 0 bridgehead atoms. The van der Waals surface area contributed by atoms with Crippen LogP contribution < -0.4 is 5.32 Å². The van der Waals surface area contributed by atoms with Crippen LogP contribution in [0, 0.1) is 0 Å². The molecule has 0 aliphatic heterocycles. The van der Waals surface area contributed by atoms with Gasteiger partial charge in [-0.2, -0.15) is 0 Å². The molecule has 2 N–H and O–H groups in total. The van der Waals surface area contributed by atoms with Crippen molar-refractivity contribution in [1.29, 1.82) is 0 Å². The smallest absolute Gasteiger partial charge is 0.408 e. The first-order valence-corrected chi connectivity index (χ1v) is 11.0. The number of carbonyl (C=O) groups is 1. The number of fused-ring (bicyclic) bond motifs is 1. The minimum Gasteiger partial charge on any atom is -0.508 e. The first kappa shape index (κ1) is 21.3. The van der Waals surface area contributed by atoms with Crippen LogP contribution in [-0.2, 0) is 11.3 Å². The number of carbonyl (C=O) groups excluding carboxylic acids is 1. The van der Waals surface area contributed by atoms with E-state index in [1.807, 2.05) is 89.5 Å². The molecule has 5 aromatic rings. The normalized spacial score (nSPS) is 11.8. The van der Waals surface area contributed by atoms with Gasteiger partial charge in [0.2, 0.25) is 0 Å². The van der Waals surface area contributed by atoms with E-state index in [1.165, 1.54) is 0 Å². The number of hydrogen-bond donors (Lipinski definition) is 2. The summed E-state index contributed by atoms with van der Waals surface area (Å²) >= 11 is 0. The van der Waals surface area contributed by atoms with Gasteiger partial charge in [-0.25, -0.2) is 9.78 Å². The molecule has 5 rings (SSSR count). The van der Waals surface area contributed by atoms with Gasteiger partial charge in [-0.05, 0) is 35.4 Å². The number of imidazole rings is 1. The minimum absolute atomic E-state index is 0.149. The lowest BCUT2D eigenvalue weighted by atomic mass is 9.99. The molecule has 1 atom stereocenters. The molecule has 0 radical (unpaired) electrons. The molecule has 3 aromatic carbocycles. The number of nitrogens with zero attached hydrogens (tertiary/aromatic N) is 2. The number of hydrogen-bond acceptors (Lipinski definition) is 4. The third kappa shape index (κ3) is 4.47. The number of phenols is 1. The molecule has 168 valence electrons. The van der Waals surface area contributed by atoms with E-state index in [2.05, 4.69) is 5.32 Å². The van der Waals surface area contributed by atoms with Crippen LogP contribution in [0.2, 0.25) is 0 Å². The van der Waals surface area contributed by atoms with Gasteiger partial charge in [0.15, 0.2) is 0 Å². The van der Waals surface area contributed by atoms with Gasteiger partial charge in [0.25, 0.3) is 0 Å². The average Bonchev–Trinajstić information content (AvgIpc) is 3.27. The molecule has 0 aliphatic carbocycles. The molecule has 6 heteroatoms. The van der Waals surface area contributed by atoms with Crippen molar-refractivity contribution >= 4 is 11.7 Å². The fourth-order valence-corrected chi connectivity index (χ4v) is 3.96. The number of benzene rings is 3. The second-order valence-corrected chi connectivity index (χ2v) is 7.87. The number of nitrogens with one attached hydrogen (secondary N) is 1. The summed E-state index contributed by atoms with van der Waals surface area (Å²) in [6, 6.07) is 31.4. The van der Waals surface area contributed by atoms with Gasteiger partial charge in [-0.15, -0.1) is 0 Å². The largest absolute Gasteiger partial charge is 0.508 e. The molecule has 0 saturated carbocycles. The van der Waals surface area contributed by atoms with Crippen LogP contribution in [0.15, 0.2) is 109 Å². The fraction of sp³-hybridized carbons (Fsp3) is 0.0714. The van der Waals surface area contributed by atoms with E-state index in [-0.39, 0.29) is 12.4 Å². The third-order valence-corrected chi connectivity index (χ3v) is 5.59. The van der Waals surface area contributed by atoms with Crippen molar-refractivity contribution < 1.29 is 14.6 Å². The molecule has 2 aromatic heterocycles. The van der Waals surface area contributed by atoms with Gasteiger partial charge >= 0.3 is 6.09 Å². The SMILES string of the molecule is O=C(NC(c1ccc(O)cc1)c1c(-c2ccccc2)nc2ccccn12)OCc1ccccc1. The number of alkyl carbamates (subject to hydrolysis) is 1. The lowest BCUT2D eigenvalue weighted by Gasteiger charge is -2.21. The van der Waals surface area contributed by atoms with Crippen molar-refractivity contribution in [2.45, 2.75) is 12.6 Å². The summed E-state index contributed by atoms with van der Waals surface area (Å²) in [6.45, 7) is 0.160. The van der Waals surface area contributed by atoms with Crippen molar-refractivity contribution in [3.05, 3.63) is 126 Å². The van der Waals surface area contributed by atoms with Crippen LogP contribution in [0.5, 0.6) is 5.75 Å².